The van der Waals surface area contributed by atoms with E-state index in [1.165, 1.54) is 19.3 Å². The zero-order chi connectivity index (χ0) is 15.9. The van der Waals surface area contributed by atoms with E-state index in [-0.39, 0.29) is 5.91 Å². The number of carbonyl (C=O) groups is 1. The number of pyridine rings is 1. The Hall–Kier alpha value is -1.66. The van der Waals surface area contributed by atoms with E-state index in [0.717, 1.165) is 51.6 Å². The van der Waals surface area contributed by atoms with Crippen molar-refractivity contribution < 1.29 is 9.53 Å². The van der Waals surface area contributed by atoms with Gasteiger partial charge >= 0.3 is 0 Å². The van der Waals surface area contributed by atoms with Gasteiger partial charge in [0.2, 0.25) is 0 Å². The summed E-state index contributed by atoms with van der Waals surface area (Å²) in [4.78, 5) is 21.2. The number of rotatable bonds is 5. The van der Waals surface area contributed by atoms with Gasteiger partial charge in [-0.3, -0.25) is 14.7 Å². The summed E-state index contributed by atoms with van der Waals surface area (Å²) in [5.74, 6) is -0.0374. The van der Waals surface area contributed by atoms with E-state index in [4.69, 9.17) is 4.74 Å². The molecule has 0 bridgehead atoms. The molecule has 0 spiro atoms. The van der Waals surface area contributed by atoms with Gasteiger partial charge in [0.15, 0.2) is 0 Å². The first-order valence-corrected chi connectivity index (χ1v) is 8.61. The molecule has 2 fully saturated rings. The van der Waals surface area contributed by atoms with Crippen molar-refractivity contribution >= 4 is 11.6 Å². The molecule has 1 N–H and O–H groups in total. The predicted octanol–water partition coefficient (Wildman–Crippen LogP) is 1.13. The molecule has 1 aromatic rings. The first-order chi connectivity index (χ1) is 11.3. The molecule has 0 radical (unpaired) electrons. The van der Waals surface area contributed by atoms with E-state index in [2.05, 4.69) is 20.1 Å². The molecular formula is C17H26N4O2. The fourth-order valence-electron chi connectivity index (χ4n) is 3.13. The minimum atomic E-state index is -0.0374. The fraction of sp³-hybridized carbons (Fsp3) is 0.647. The first kappa shape index (κ1) is 16.2. The Labute approximate surface area is 137 Å². The number of nitrogens with one attached hydrogen (secondary N) is 1. The average Bonchev–Trinajstić information content (AvgIpc) is 2.63. The Morgan fingerprint density at radius 1 is 1.13 bits per heavy atom. The number of morpholine rings is 1. The number of anilines is 1. The van der Waals surface area contributed by atoms with Crippen LogP contribution in [0.15, 0.2) is 18.5 Å². The average molecular weight is 318 g/mol. The quantitative estimate of drug-likeness (QED) is 0.882. The van der Waals surface area contributed by atoms with Crippen LogP contribution in [-0.2, 0) is 4.74 Å². The third kappa shape index (κ3) is 4.65. The number of carbonyl (C=O) groups excluding carboxylic acids is 1. The number of aromatic nitrogens is 1. The van der Waals surface area contributed by atoms with Crippen LogP contribution in [0.4, 0.5) is 5.69 Å². The van der Waals surface area contributed by atoms with Gasteiger partial charge in [0.05, 0.1) is 30.7 Å². The topological polar surface area (TPSA) is 57.7 Å². The SMILES string of the molecule is O=C(NCCN1CCOCC1)c1cncc(N2CCCCC2)c1. The molecule has 3 rings (SSSR count). The van der Waals surface area contributed by atoms with Crippen LogP contribution in [-0.4, -0.2) is 68.3 Å². The maximum atomic E-state index is 12.3. The second kappa shape index (κ2) is 8.26. The van der Waals surface area contributed by atoms with Crippen LogP contribution in [0.5, 0.6) is 0 Å². The Balaban J connectivity index is 1.50. The Morgan fingerprint density at radius 3 is 2.70 bits per heavy atom. The Morgan fingerprint density at radius 2 is 1.91 bits per heavy atom. The lowest BCUT2D eigenvalue weighted by Gasteiger charge is -2.28. The van der Waals surface area contributed by atoms with Crippen LogP contribution >= 0.6 is 0 Å². The molecular weight excluding hydrogens is 292 g/mol. The summed E-state index contributed by atoms with van der Waals surface area (Å²) in [5, 5.41) is 3.00. The Bertz CT molecular complexity index is 511. The second-order valence-corrected chi connectivity index (χ2v) is 6.19. The smallest absolute Gasteiger partial charge is 0.252 e. The largest absolute Gasteiger partial charge is 0.379 e. The van der Waals surface area contributed by atoms with E-state index >= 15 is 0 Å². The van der Waals surface area contributed by atoms with Crippen molar-refractivity contribution in [2.24, 2.45) is 0 Å². The van der Waals surface area contributed by atoms with Crippen molar-refractivity contribution in [1.82, 2.24) is 15.2 Å². The van der Waals surface area contributed by atoms with E-state index in [1.54, 1.807) is 6.20 Å². The van der Waals surface area contributed by atoms with Gasteiger partial charge < -0.3 is 15.0 Å². The third-order valence-corrected chi connectivity index (χ3v) is 4.52. The molecule has 0 unspecified atom stereocenters. The van der Waals surface area contributed by atoms with Crippen molar-refractivity contribution in [3.8, 4) is 0 Å². The van der Waals surface area contributed by atoms with E-state index in [9.17, 15) is 4.79 Å². The van der Waals surface area contributed by atoms with Crippen molar-refractivity contribution in [2.75, 3.05) is 57.4 Å². The number of nitrogens with zero attached hydrogens (tertiary/aromatic N) is 3. The first-order valence-electron chi connectivity index (χ1n) is 8.61. The van der Waals surface area contributed by atoms with Gasteiger partial charge in [-0.05, 0) is 25.3 Å². The van der Waals surface area contributed by atoms with Crippen LogP contribution in [0, 0.1) is 0 Å². The van der Waals surface area contributed by atoms with Crippen LogP contribution in [0.2, 0.25) is 0 Å². The van der Waals surface area contributed by atoms with Crippen LogP contribution < -0.4 is 10.2 Å². The van der Waals surface area contributed by atoms with Crippen molar-refractivity contribution in [3.63, 3.8) is 0 Å². The number of hydrogen-bond donors (Lipinski definition) is 1. The van der Waals surface area contributed by atoms with Gasteiger partial charge in [-0.25, -0.2) is 0 Å². The summed E-state index contributed by atoms with van der Waals surface area (Å²) in [6.07, 6.45) is 7.24. The van der Waals surface area contributed by atoms with Gasteiger partial charge in [-0.2, -0.15) is 0 Å². The summed E-state index contributed by atoms with van der Waals surface area (Å²) >= 11 is 0. The van der Waals surface area contributed by atoms with Gasteiger partial charge in [-0.15, -0.1) is 0 Å². The lowest BCUT2D eigenvalue weighted by Crippen LogP contribution is -2.41. The molecule has 126 valence electrons. The fourth-order valence-corrected chi connectivity index (χ4v) is 3.13. The zero-order valence-corrected chi connectivity index (χ0v) is 13.7. The normalized spacial score (nSPS) is 19.6. The summed E-state index contributed by atoms with van der Waals surface area (Å²) in [7, 11) is 0. The summed E-state index contributed by atoms with van der Waals surface area (Å²) in [5.41, 5.74) is 1.71. The van der Waals surface area contributed by atoms with Gasteiger partial charge in [0.1, 0.15) is 0 Å². The molecule has 0 aromatic carbocycles. The van der Waals surface area contributed by atoms with E-state index < -0.39 is 0 Å². The van der Waals surface area contributed by atoms with Gasteiger partial charge in [0, 0.05) is 45.5 Å². The molecule has 0 atom stereocenters. The second-order valence-electron chi connectivity index (χ2n) is 6.19. The molecule has 2 aliphatic rings. The monoisotopic (exact) mass is 318 g/mol. The molecule has 2 aliphatic heterocycles. The number of piperidine rings is 1. The molecule has 6 heteroatoms. The van der Waals surface area contributed by atoms with Crippen LogP contribution in [0.1, 0.15) is 29.6 Å². The molecule has 1 aromatic heterocycles. The lowest BCUT2D eigenvalue weighted by molar-refractivity contribution is 0.0383. The van der Waals surface area contributed by atoms with Crippen molar-refractivity contribution in [3.05, 3.63) is 24.0 Å². The van der Waals surface area contributed by atoms with E-state index in [0.29, 0.717) is 12.1 Å². The molecule has 2 saturated heterocycles. The predicted molar refractivity (Wildman–Crippen MR) is 89.9 cm³/mol. The van der Waals surface area contributed by atoms with Gasteiger partial charge in [0.25, 0.3) is 5.91 Å². The molecule has 3 heterocycles. The Kier molecular flexibility index (Phi) is 5.82. The molecule has 0 saturated carbocycles. The number of amides is 1. The molecule has 0 aliphatic carbocycles. The summed E-state index contributed by atoms with van der Waals surface area (Å²) < 4.78 is 5.33. The standard InChI is InChI=1S/C17H26N4O2/c22-17(19-4-7-20-8-10-23-11-9-20)15-12-16(14-18-13-15)21-5-2-1-3-6-21/h12-14H,1-11H2,(H,19,22). The van der Waals surface area contributed by atoms with Crippen LogP contribution in [0.25, 0.3) is 0 Å². The highest BCUT2D eigenvalue weighted by Gasteiger charge is 2.14. The maximum absolute atomic E-state index is 12.3. The highest BCUT2D eigenvalue weighted by Crippen LogP contribution is 2.19. The molecule has 6 nitrogen and oxygen atoms in total. The summed E-state index contributed by atoms with van der Waals surface area (Å²) in [6.45, 7) is 7.12. The van der Waals surface area contributed by atoms with Crippen LogP contribution in [0.3, 0.4) is 0 Å². The van der Waals surface area contributed by atoms with Crippen molar-refractivity contribution in [2.45, 2.75) is 19.3 Å². The van der Waals surface area contributed by atoms with Gasteiger partial charge in [-0.1, -0.05) is 0 Å². The molecule has 23 heavy (non-hydrogen) atoms. The lowest BCUT2D eigenvalue weighted by atomic mass is 10.1. The van der Waals surface area contributed by atoms with E-state index in [1.807, 2.05) is 12.3 Å². The zero-order valence-electron chi connectivity index (χ0n) is 13.7. The van der Waals surface area contributed by atoms with Crippen molar-refractivity contribution in [1.29, 1.82) is 0 Å². The molecule has 1 amide bonds. The minimum Gasteiger partial charge on any atom is -0.379 e. The minimum absolute atomic E-state index is 0.0374. The highest BCUT2D eigenvalue weighted by molar-refractivity contribution is 5.94. The third-order valence-electron chi connectivity index (χ3n) is 4.52. The summed E-state index contributed by atoms with van der Waals surface area (Å²) in [6, 6.07) is 1.96. The maximum Gasteiger partial charge on any atom is 0.252 e. The number of hydrogen-bond acceptors (Lipinski definition) is 5. The number of ether oxygens (including phenoxy) is 1. The highest BCUT2D eigenvalue weighted by atomic mass is 16.5.